The number of carboxylic acid groups (broad SMARTS) is 1. The Morgan fingerprint density at radius 1 is 1.11 bits per heavy atom. The van der Waals surface area contributed by atoms with E-state index in [2.05, 4.69) is 0 Å². The van der Waals surface area contributed by atoms with Crippen molar-refractivity contribution >= 4 is 17.7 Å². The Hall–Kier alpha value is -1.81. The average molecular weight is 276 g/mol. The summed E-state index contributed by atoms with van der Waals surface area (Å²) in [5.74, 6) is -1.29. The Morgan fingerprint density at radius 2 is 1.74 bits per heavy atom. The van der Waals surface area contributed by atoms with E-state index >= 15 is 0 Å². The molecule has 19 heavy (non-hydrogen) atoms. The van der Waals surface area contributed by atoms with Crippen molar-refractivity contribution in [3.8, 4) is 0 Å². The SMILES string of the molecule is O=C(O)[C@@H](Cc1ccccc1F)Sc1ccccc1. The van der Waals surface area contributed by atoms with Crippen molar-refractivity contribution in [3.63, 3.8) is 0 Å². The van der Waals surface area contributed by atoms with Crippen LogP contribution < -0.4 is 0 Å². The zero-order valence-electron chi connectivity index (χ0n) is 10.1. The zero-order chi connectivity index (χ0) is 13.7. The summed E-state index contributed by atoms with van der Waals surface area (Å²) in [5, 5.41) is 8.55. The van der Waals surface area contributed by atoms with Crippen LogP contribution in [-0.4, -0.2) is 16.3 Å². The van der Waals surface area contributed by atoms with Gasteiger partial charge in [-0.1, -0.05) is 36.4 Å². The predicted octanol–water partition coefficient (Wildman–Crippen LogP) is 3.61. The Bertz CT molecular complexity index is 557. The van der Waals surface area contributed by atoms with Gasteiger partial charge in [-0.2, -0.15) is 0 Å². The minimum absolute atomic E-state index is 0.168. The molecule has 2 rings (SSSR count). The lowest BCUT2D eigenvalue weighted by molar-refractivity contribution is -0.136. The van der Waals surface area contributed by atoms with Crippen LogP contribution in [0.15, 0.2) is 59.5 Å². The van der Waals surface area contributed by atoms with Crippen LogP contribution in [0.25, 0.3) is 0 Å². The highest BCUT2D eigenvalue weighted by molar-refractivity contribution is 8.00. The van der Waals surface area contributed by atoms with Crippen LogP contribution >= 0.6 is 11.8 Å². The van der Waals surface area contributed by atoms with Crippen LogP contribution in [0.5, 0.6) is 0 Å². The van der Waals surface area contributed by atoms with Crippen molar-refractivity contribution in [1.82, 2.24) is 0 Å². The van der Waals surface area contributed by atoms with Gasteiger partial charge in [0.25, 0.3) is 0 Å². The molecule has 0 heterocycles. The van der Waals surface area contributed by atoms with Gasteiger partial charge in [-0.3, -0.25) is 4.79 Å². The van der Waals surface area contributed by atoms with Crippen molar-refractivity contribution in [2.45, 2.75) is 16.6 Å². The molecule has 2 aromatic carbocycles. The number of halogens is 1. The maximum Gasteiger partial charge on any atom is 0.317 e. The molecule has 0 aliphatic carbocycles. The van der Waals surface area contributed by atoms with Gasteiger partial charge >= 0.3 is 5.97 Å². The fourth-order valence-electron chi connectivity index (χ4n) is 1.71. The van der Waals surface area contributed by atoms with Gasteiger partial charge in [-0.25, -0.2) is 4.39 Å². The quantitative estimate of drug-likeness (QED) is 0.848. The van der Waals surface area contributed by atoms with E-state index in [1.165, 1.54) is 17.8 Å². The zero-order valence-corrected chi connectivity index (χ0v) is 10.9. The van der Waals surface area contributed by atoms with Gasteiger partial charge in [-0.05, 0) is 30.2 Å². The molecule has 4 heteroatoms. The summed E-state index contributed by atoms with van der Waals surface area (Å²) in [6.45, 7) is 0. The summed E-state index contributed by atoms with van der Waals surface area (Å²) in [7, 11) is 0. The van der Waals surface area contributed by atoms with Gasteiger partial charge in [0, 0.05) is 4.90 Å². The standard InChI is InChI=1S/C15H13FO2S/c16-13-9-5-4-6-11(13)10-14(15(17)18)19-12-7-2-1-3-8-12/h1-9,14H,10H2,(H,17,18)/t14-/m1/s1. The summed E-state index contributed by atoms with van der Waals surface area (Å²) in [5.41, 5.74) is 0.429. The first-order valence-corrected chi connectivity index (χ1v) is 6.72. The van der Waals surface area contributed by atoms with Gasteiger partial charge in [-0.15, -0.1) is 11.8 Å². The lowest BCUT2D eigenvalue weighted by Crippen LogP contribution is -2.19. The first-order chi connectivity index (χ1) is 9.16. The number of carbonyl (C=O) groups is 1. The third-order valence-corrected chi connectivity index (χ3v) is 3.86. The molecule has 0 radical (unpaired) electrons. The smallest absolute Gasteiger partial charge is 0.317 e. The van der Waals surface area contributed by atoms with E-state index in [9.17, 15) is 14.3 Å². The van der Waals surface area contributed by atoms with Crippen LogP contribution in [0, 0.1) is 5.82 Å². The van der Waals surface area contributed by atoms with Gasteiger partial charge in [0.2, 0.25) is 0 Å². The monoisotopic (exact) mass is 276 g/mol. The molecule has 2 aromatic rings. The number of benzene rings is 2. The predicted molar refractivity (Wildman–Crippen MR) is 73.8 cm³/mol. The van der Waals surface area contributed by atoms with Crippen molar-refractivity contribution in [2.24, 2.45) is 0 Å². The highest BCUT2D eigenvalue weighted by atomic mass is 32.2. The normalized spacial score (nSPS) is 12.1. The maximum absolute atomic E-state index is 13.5. The Morgan fingerprint density at radius 3 is 2.37 bits per heavy atom. The van der Waals surface area contributed by atoms with Crippen molar-refractivity contribution in [3.05, 3.63) is 66.0 Å². The lowest BCUT2D eigenvalue weighted by atomic mass is 10.1. The molecule has 0 spiro atoms. The first-order valence-electron chi connectivity index (χ1n) is 5.85. The molecule has 0 amide bonds. The number of carboxylic acids is 1. The highest BCUT2D eigenvalue weighted by Gasteiger charge is 2.20. The van der Waals surface area contributed by atoms with Crippen molar-refractivity contribution < 1.29 is 14.3 Å². The van der Waals surface area contributed by atoms with Gasteiger partial charge in [0.1, 0.15) is 11.1 Å². The van der Waals surface area contributed by atoms with E-state index in [1.54, 1.807) is 18.2 Å². The Labute approximate surface area is 115 Å². The number of aliphatic carboxylic acids is 1. The van der Waals surface area contributed by atoms with E-state index in [1.807, 2.05) is 30.3 Å². The third-order valence-electron chi connectivity index (χ3n) is 2.66. The van der Waals surface area contributed by atoms with Crippen molar-refractivity contribution in [2.75, 3.05) is 0 Å². The average Bonchev–Trinajstić information content (AvgIpc) is 2.41. The van der Waals surface area contributed by atoms with Gasteiger partial charge in [0.15, 0.2) is 0 Å². The summed E-state index contributed by atoms with van der Waals surface area (Å²) in [4.78, 5) is 12.1. The maximum atomic E-state index is 13.5. The van der Waals surface area contributed by atoms with E-state index in [-0.39, 0.29) is 12.2 Å². The Balaban J connectivity index is 2.13. The van der Waals surface area contributed by atoms with Crippen LogP contribution in [-0.2, 0) is 11.2 Å². The third kappa shape index (κ3) is 3.83. The van der Waals surface area contributed by atoms with Crippen LogP contribution in [0.4, 0.5) is 4.39 Å². The van der Waals surface area contributed by atoms with Crippen LogP contribution in [0.1, 0.15) is 5.56 Å². The van der Waals surface area contributed by atoms with Gasteiger partial charge < -0.3 is 5.11 Å². The second-order valence-corrected chi connectivity index (χ2v) is 5.33. The minimum atomic E-state index is -0.933. The molecule has 0 unspecified atom stereocenters. The van der Waals surface area contributed by atoms with E-state index < -0.39 is 11.2 Å². The molecular formula is C15H13FO2S. The second kappa shape index (κ2) is 6.38. The number of hydrogen-bond acceptors (Lipinski definition) is 2. The fraction of sp³-hybridized carbons (Fsp3) is 0.133. The van der Waals surface area contributed by atoms with E-state index in [4.69, 9.17) is 0 Å². The minimum Gasteiger partial charge on any atom is -0.480 e. The molecule has 98 valence electrons. The molecule has 0 aromatic heterocycles. The van der Waals surface area contributed by atoms with Crippen LogP contribution in [0.2, 0.25) is 0 Å². The molecule has 0 bridgehead atoms. The van der Waals surface area contributed by atoms with Gasteiger partial charge in [0.05, 0.1) is 0 Å². The molecule has 0 aliphatic heterocycles. The summed E-state index contributed by atoms with van der Waals surface area (Å²) in [6, 6.07) is 15.6. The molecule has 0 aliphatic rings. The summed E-state index contributed by atoms with van der Waals surface area (Å²) in [6.07, 6.45) is 0.168. The molecule has 1 N–H and O–H groups in total. The topological polar surface area (TPSA) is 37.3 Å². The van der Waals surface area contributed by atoms with Crippen LogP contribution in [0.3, 0.4) is 0 Å². The summed E-state index contributed by atoms with van der Waals surface area (Å²) >= 11 is 1.23. The second-order valence-electron chi connectivity index (χ2n) is 4.05. The van der Waals surface area contributed by atoms with Crippen molar-refractivity contribution in [1.29, 1.82) is 0 Å². The molecule has 0 saturated heterocycles. The lowest BCUT2D eigenvalue weighted by Gasteiger charge is -2.12. The van der Waals surface area contributed by atoms with E-state index in [0.717, 1.165) is 4.90 Å². The Kier molecular flexibility index (Phi) is 4.58. The molecule has 0 saturated carbocycles. The summed E-state index contributed by atoms with van der Waals surface area (Å²) < 4.78 is 13.5. The number of rotatable bonds is 5. The fourth-order valence-corrected chi connectivity index (χ4v) is 2.71. The number of thioether (sulfide) groups is 1. The molecule has 2 nitrogen and oxygen atoms in total. The first kappa shape index (κ1) is 13.6. The molecule has 0 fully saturated rings. The highest BCUT2D eigenvalue weighted by Crippen LogP contribution is 2.26. The largest absolute Gasteiger partial charge is 0.480 e. The van der Waals surface area contributed by atoms with E-state index in [0.29, 0.717) is 5.56 Å². The molecular weight excluding hydrogens is 263 g/mol. The number of hydrogen-bond donors (Lipinski definition) is 1. The molecule has 1 atom stereocenters.